The molecule has 0 radical (unpaired) electrons. The first-order valence-corrected chi connectivity index (χ1v) is 5.85. The molecular weight excluding hydrogens is 222 g/mol. The third-order valence-electron chi connectivity index (χ3n) is 2.59. The molecule has 0 aliphatic heterocycles. The number of aryl methyl sites for hydroxylation is 1. The van der Waals surface area contributed by atoms with Crippen LogP contribution in [0.15, 0.2) is 66.9 Å². The molecule has 90 valence electrons. The molecule has 1 N–H and O–H groups in total. The van der Waals surface area contributed by atoms with Crippen molar-refractivity contribution >= 4 is 11.5 Å². The largest absolute Gasteiger partial charge is 0.362 e. The van der Waals surface area contributed by atoms with Crippen LogP contribution in [0.5, 0.6) is 0 Å². The Bertz CT molecular complexity index is 541. The molecule has 0 spiro atoms. The van der Waals surface area contributed by atoms with Crippen molar-refractivity contribution in [3.05, 3.63) is 78.0 Å². The van der Waals surface area contributed by atoms with E-state index < -0.39 is 0 Å². The van der Waals surface area contributed by atoms with Gasteiger partial charge in [-0.15, -0.1) is 0 Å². The van der Waals surface area contributed by atoms with Gasteiger partial charge in [0.2, 0.25) is 0 Å². The zero-order valence-corrected chi connectivity index (χ0v) is 10.3. The van der Waals surface area contributed by atoms with E-state index in [0.717, 1.165) is 5.69 Å². The fourth-order valence-corrected chi connectivity index (χ4v) is 1.56. The maximum atomic E-state index is 11.8. The van der Waals surface area contributed by atoms with E-state index in [-0.39, 0.29) is 5.78 Å². The van der Waals surface area contributed by atoms with E-state index in [2.05, 4.69) is 5.32 Å². The Morgan fingerprint density at radius 2 is 1.67 bits per heavy atom. The van der Waals surface area contributed by atoms with Crippen LogP contribution in [0.1, 0.15) is 15.9 Å². The lowest BCUT2D eigenvalue weighted by atomic mass is 10.1. The molecule has 0 aliphatic carbocycles. The SMILES string of the molecule is Cc1ccc(N/C=C/C(=O)c2ccccc2)cc1. The number of nitrogens with one attached hydrogen (secondary N) is 1. The van der Waals surface area contributed by atoms with Crippen LogP contribution >= 0.6 is 0 Å². The fraction of sp³-hybridized carbons (Fsp3) is 0.0625. The average molecular weight is 237 g/mol. The number of carbonyl (C=O) groups excluding carboxylic acids is 1. The maximum Gasteiger partial charge on any atom is 0.187 e. The van der Waals surface area contributed by atoms with Gasteiger partial charge in [0.25, 0.3) is 0 Å². The predicted octanol–water partition coefficient (Wildman–Crippen LogP) is 3.80. The minimum absolute atomic E-state index is 0.00443. The lowest BCUT2D eigenvalue weighted by Crippen LogP contribution is -1.95. The van der Waals surface area contributed by atoms with Crippen LogP contribution in [0.4, 0.5) is 5.69 Å². The van der Waals surface area contributed by atoms with Gasteiger partial charge in [-0.2, -0.15) is 0 Å². The molecule has 0 heterocycles. The van der Waals surface area contributed by atoms with E-state index in [9.17, 15) is 4.79 Å². The molecule has 0 saturated heterocycles. The Kier molecular flexibility index (Phi) is 3.92. The van der Waals surface area contributed by atoms with Gasteiger partial charge in [-0.1, -0.05) is 48.0 Å². The first-order chi connectivity index (χ1) is 8.75. The number of carbonyl (C=O) groups is 1. The minimum atomic E-state index is -0.00443. The van der Waals surface area contributed by atoms with E-state index >= 15 is 0 Å². The van der Waals surface area contributed by atoms with Gasteiger partial charge in [-0.05, 0) is 19.1 Å². The van der Waals surface area contributed by atoms with Crippen molar-refractivity contribution in [1.82, 2.24) is 0 Å². The fourth-order valence-electron chi connectivity index (χ4n) is 1.56. The normalized spacial score (nSPS) is 10.5. The highest BCUT2D eigenvalue weighted by molar-refractivity contribution is 6.04. The molecule has 0 fully saturated rings. The lowest BCUT2D eigenvalue weighted by Gasteiger charge is -2.00. The van der Waals surface area contributed by atoms with Gasteiger partial charge in [0.15, 0.2) is 5.78 Å². The maximum absolute atomic E-state index is 11.8. The molecule has 18 heavy (non-hydrogen) atoms. The van der Waals surface area contributed by atoms with E-state index in [0.29, 0.717) is 5.56 Å². The van der Waals surface area contributed by atoms with Crippen molar-refractivity contribution in [2.24, 2.45) is 0 Å². The second-order valence-corrected chi connectivity index (χ2v) is 4.07. The molecule has 0 amide bonds. The van der Waals surface area contributed by atoms with Crippen molar-refractivity contribution in [1.29, 1.82) is 0 Å². The summed E-state index contributed by atoms with van der Waals surface area (Å²) >= 11 is 0. The van der Waals surface area contributed by atoms with Crippen molar-refractivity contribution in [2.45, 2.75) is 6.92 Å². The molecule has 2 aromatic carbocycles. The standard InChI is InChI=1S/C16H15NO/c1-13-7-9-15(10-8-13)17-12-11-16(18)14-5-3-2-4-6-14/h2-12,17H,1H3/b12-11+. The molecule has 2 nitrogen and oxygen atoms in total. The quantitative estimate of drug-likeness (QED) is 0.647. The number of benzene rings is 2. The summed E-state index contributed by atoms with van der Waals surface area (Å²) < 4.78 is 0. The summed E-state index contributed by atoms with van der Waals surface area (Å²) in [6, 6.07) is 17.2. The van der Waals surface area contributed by atoms with Gasteiger partial charge in [0, 0.05) is 23.5 Å². The van der Waals surface area contributed by atoms with Gasteiger partial charge in [-0.25, -0.2) is 0 Å². The monoisotopic (exact) mass is 237 g/mol. The summed E-state index contributed by atoms with van der Waals surface area (Å²) in [6.07, 6.45) is 3.20. The zero-order valence-electron chi connectivity index (χ0n) is 10.3. The number of hydrogen-bond acceptors (Lipinski definition) is 2. The van der Waals surface area contributed by atoms with Crippen LogP contribution in [0, 0.1) is 6.92 Å². The Morgan fingerprint density at radius 1 is 1.00 bits per heavy atom. The average Bonchev–Trinajstić information content (AvgIpc) is 2.42. The van der Waals surface area contributed by atoms with Crippen LogP contribution in [0.3, 0.4) is 0 Å². The number of allylic oxidation sites excluding steroid dienone is 1. The first kappa shape index (κ1) is 12.1. The number of ketones is 1. The van der Waals surface area contributed by atoms with E-state index in [1.165, 1.54) is 11.6 Å². The highest BCUT2D eigenvalue weighted by Gasteiger charge is 1.98. The van der Waals surface area contributed by atoms with Crippen LogP contribution in [-0.4, -0.2) is 5.78 Å². The molecule has 0 aromatic heterocycles. The Hall–Kier alpha value is -2.35. The van der Waals surface area contributed by atoms with Gasteiger partial charge >= 0.3 is 0 Å². The van der Waals surface area contributed by atoms with Crippen molar-refractivity contribution in [3.8, 4) is 0 Å². The summed E-state index contributed by atoms with van der Waals surface area (Å²) in [5, 5.41) is 3.07. The van der Waals surface area contributed by atoms with Gasteiger partial charge in [0.05, 0.1) is 0 Å². The van der Waals surface area contributed by atoms with Crippen LogP contribution in [-0.2, 0) is 0 Å². The molecule has 0 saturated carbocycles. The second-order valence-electron chi connectivity index (χ2n) is 4.07. The summed E-state index contributed by atoms with van der Waals surface area (Å²) in [5.41, 5.74) is 2.88. The number of anilines is 1. The summed E-state index contributed by atoms with van der Waals surface area (Å²) in [7, 11) is 0. The molecule has 2 aromatic rings. The molecule has 0 bridgehead atoms. The molecule has 2 rings (SSSR count). The second kappa shape index (κ2) is 5.82. The number of hydrogen-bond donors (Lipinski definition) is 1. The smallest absolute Gasteiger partial charge is 0.187 e. The van der Waals surface area contributed by atoms with Gasteiger partial charge in [-0.3, -0.25) is 4.79 Å². The molecule has 2 heteroatoms. The molecule has 0 atom stereocenters. The summed E-state index contributed by atoms with van der Waals surface area (Å²) in [5.74, 6) is -0.00443. The van der Waals surface area contributed by atoms with E-state index in [1.54, 1.807) is 18.3 Å². The third-order valence-corrected chi connectivity index (χ3v) is 2.59. The van der Waals surface area contributed by atoms with E-state index in [4.69, 9.17) is 0 Å². The van der Waals surface area contributed by atoms with Gasteiger partial charge < -0.3 is 5.32 Å². The van der Waals surface area contributed by atoms with Crippen molar-refractivity contribution < 1.29 is 4.79 Å². The predicted molar refractivity (Wildman–Crippen MR) is 74.7 cm³/mol. The lowest BCUT2D eigenvalue weighted by molar-refractivity contribution is 0.104. The third kappa shape index (κ3) is 3.32. The highest BCUT2D eigenvalue weighted by Crippen LogP contribution is 2.08. The van der Waals surface area contributed by atoms with E-state index in [1.807, 2.05) is 49.4 Å². The topological polar surface area (TPSA) is 29.1 Å². The van der Waals surface area contributed by atoms with Crippen molar-refractivity contribution in [3.63, 3.8) is 0 Å². The minimum Gasteiger partial charge on any atom is -0.362 e. The summed E-state index contributed by atoms with van der Waals surface area (Å²) in [6.45, 7) is 2.04. The Labute approximate surface area is 107 Å². The molecule has 0 unspecified atom stereocenters. The van der Waals surface area contributed by atoms with Crippen molar-refractivity contribution in [2.75, 3.05) is 5.32 Å². The Morgan fingerprint density at radius 3 is 2.33 bits per heavy atom. The Balaban J connectivity index is 1.96. The first-order valence-electron chi connectivity index (χ1n) is 5.85. The van der Waals surface area contributed by atoms with Gasteiger partial charge in [0.1, 0.15) is 0 Å². The molecular formula is C16H15NO. The summed E-state index contributed by atoms with van der Waals surface area (Å²) in [4.78, 5) is 11.8. The van der Waals surface area contributed by atoms with Crippen LogP contribution in [0.2, 0.25) is 0 Å². The zero-order chi connectivity index (χ0) is 12.8. The highest BCUT2D eigenvalue weighted by atomic mass is 16.1. The number of rotatable bonds is 4. The molecule has 0 aliphatic rings. The van der Waals surface area contributed by atoms with Crippen LogP contribution < -0.4 is 5.32 Å². The van der Waals surface area contributed by atoms with Crippen LogP contribution in [0.25, 0.3) is 0 Å².